The smallest absolute Gasteiger partial charge is 0.408 e. The molecule has 0 radical (unpaired) electrons. The molecule has 2 heterocycles. The molecule has 278 valence electrons. The number of hydrogen-bond donors (Lipinski definition) is 2. The third-order valence-corrected chi connectivity index (χ3v) is 8.67. The van der Waals surface area contributed by atoms with Gasteiger partial charge in [0.1, 0.15) is 17.3 Å². The quantitative estimate of drug-likeness (QED) is 0.112. The minimum absolute atomic E-state index is 0.0636. The average Bonchev–Trinajstić information content (AvgIpc) is 3.50. The van der Waals surface area contributed by atoms with Gasteiger partial charge >= 0.3 is 11.5 Å². The van der Waals surface area contributed by atoms with Crippen LogP contribution in [-0.2, 0) is 31.2 Å². The number of urea groups is 1. The van der Waals surface area contributed by atoms with Crippen molar-refractivity contribution < 1.29 is 32.3 Å². The molecular formula is C38H41ClN6O7S. The zero-order chi connectivity index (χ0) is 39.1. The molecule has 0 aliphatic carbocycles. The van der Waals surface area contributed by atoms with E-state index < -0.39 is 21.3 Å². The number of benzene rings is 3. The summed E-state index contributed by atoms with van der Waals surface area (Å²) >= 11 is 4.75. The van der Waals surface area contributed by atoms with E-state index in [9.17, 15) is 22.8 Å². The molecule has 53 heavy (non-hydrogen) atoms. The summed E-state index contributed by atoms with van der Waals surface area (Å²) in [5, 5.41) is 12.1. The van der Waals surface area contributed by atoms with E-state index in [2.05, 4.69) is 26.9 Å². The van der Waals surface area contributed by atoms with Crippen LogP contribution in [0.4, 0.5) is 21.1 Å². The number of aromatic nitrogens is 3. The van der Waals surface area contributed by atoms with Crippen molar-refractivity contribution in [2.45, 2.75) is 44.4 Å². The van der Waals surface area contributed by atoms with Gasteiger partial charge in [-0.15, -0.1) is 0 Å². The lowest BCUT2D eigenvalue weighted by atomic mass is 9.92. The molecule has 15 heteroatoms. The Morgan fingerprint density at radius 2 is 1.60 bits per heavy atom. The van der Waals surface area contributed by atoms with Gasteiger partial charge in [-0.25, -0.2) is 22.7 Å². The fourth-order valence-electron chi connectivity index (χ4n) is 4.80. The van der Waals surface area contributed by atoms with Crippen molar-refractivity contribution in [2.75, 3.05) is 31.0 Å². The average molecular weight is 761 g/mol. The van der Waals surface area contributed by atoms with Gasteiger partial charge in [0.2, 0.25) is 5.91 Å². The highest BCUT2D eigenvalue weighted by Gasteiger charge is 2.22. The highest BCUT2D eigenvalue weighted by Crippen LogP contribution is 2.35. The lowest BCUT2D eigenvalue weighted by Crippen LogP contribution is -2.23. The monoisotopic (exact) mass is 760 g/mol. The van der Waals surface area contributed by atoms with E-state index in [1.165, 1.54) is 17.0 Å². The topological polar surface area (TPSA) is 162 Å². The van der Waals surface area contributed by atoms with E-state index in [-0.39, 0.29) is 22.6 Å². The molecule has 0 saturated heterocycles. The van der Waals surface area contributed by atoms with Crippen molar-refractivity contribution in [1.82, 2.24) is 19.7 Å². The third-order valence-electron chi connectivity index (χ3n) is 7.46. The van der Waals surface area contributed by atoms with Crippen molar-refractivity contribution in [2.24, 2.45) is 0 Å². The summed E-state index contributed by atoms with van der Waals surface area (Å²) in [6.45, 7) is 10.9. The molecule has 0 aliphatic heterocycles. The number of carbonyl (C=O) groups is 3. The van der Waals surface area contributed by atoms with E-state index in [1.54, 1.807) is 74.4 Å². The van der Waals surface area contributed by atoms with Gasteiger partial charge in [-0.05, 0) is 49.4 Å². The van der Waals surface area contributed by atoms with E-state index in [4.69, 9.17) is 21.4 Å². The van der Waals surface area contributed by atoms with Gasteiger partial charge in [0.05, 0.1) is 39.8 Å². The van der Waals surface area contributed by atoms with Crippen molar-refractivity contribution in [3.8, 4) is 17.2 Å². The van der Waals surface area contributed by atoms with Crippen molar-refractivity contribution >= 4 is 61.1 Å². The molecule has 13 nitrogen and oxygen atoms in total. The van der Waals surface area contributed by atoms with Gasteiger partial charge in [-0.3, -0.25) is 15.1 Å². The Balaban J connectivity index is 0.000000815. The number of rotatable bonds is 9. The first-order chi connectivity index (χ1) is 24.8. The number of nitrogens with zero attached hydrogens (tertiary/aromatic N) is 4. The highest BCUT2D eigenvalue weighted by atomic mass is 35.5. The van der Waals surface area contributed by atoms with Gasteiger partial charge in [-0.2, -0.15) is 5.10 Å². The summed E-state index contributed by atoms with van der Waals surface area (Å²) in [7, 11) is 0.0292. The summed E-state index contributed by atoms with van der Waals surface area (Å²) in [5.41, 5.74) is 1.34. The number of allylic oxidation sites excluding steroid dienone is 1. The number of pyridine rings is 1. The molecule has 5 rings (SSSR count). The van der Waals surface area contributed by atoms with E-state index in [0.29, 0.717) is 40.1 Å². The Bertz CT molecular complexity index is 2250. The van der Waals surface area contributed by atoms with E-state index in [1.807, 2.05) is 45.0 Å². The molecule has 0 atom stereocenters. The second-order valence-electron chi connectivity index (χ2n) is 13.2. The lowest BCUT2D eigenvalue weighted by Gasteiger charge is -2.15. The van der Waals surface area contributed by atoms with Crippen LogP contribution >= 0.6 is 11.6 Å². The SMILES string of the molecule is C=C(C)OC(=O)Cl.CN(C)C(=O)Cc1cc(Oc2ccc(NC(=O)Nc3cc(C(C)(C)C)nn3-c3ccc(S(C)(=O)=O)cc3)c3ccccc23)ccn1. The zero-order valence-corrected chi connectivity index (χ0v) is 32.0. The minimum Gasteiger partial charge on any atom is -0.457 e. The number of sulfone groups is 1. The van der Waals surface area contributed by atoms with Gasteiger partial charge < -0.3 is 19.7 Å². The molecule has 0 saturated carbocycles. The first kappa shape index (κ1) is 40.0. The molecule has 3 aromatic carbocycles. The van der Waals surface area contributed by atoms with Crippen molar-refractivity contribution in [3.05, 3.63) is 109 Å². The summed E-state index contributed by atoms with van der Waals surface area (Å²) in [4.78, 5) is 41.3. The lowest BCUT2D eigenvalue weighted by molar-refractivity contribution is -0.128. The molecule has 0 fully saturated rings. The van der Waals surface area contributed by atoms with Gasteiger partial charge in [0.25, 0.3) is 0 Å². The van der Waals surface area contributed by atoms with Gasteiger partial charge in [0.15, 0.2) is 9.84 Å². The molecule has 3 amide bonds. The van der Waals surface area contributed by atoms with Crippen LogP contribution in [0.15, 0.2) is 102 Å². The van der Waals surface area contributed by atoms with E-state index >= 15 is 0 Å². The van der Waals surface area contributed by atoms with Crippen LogP contribution in [0.25, 0.3) is 16.5 Å². The Kier molecular flexibility index (Phi) is 12.6. The second-order valence-corrected chi connectivity index (χ2v) is 15.5. The fourth-order valence-corrected chi connectivity index (χ4v) is 5.56. The van der Waals surface area contributed by atoms with Crippen LogP contribution in [0, 0.1) is 0 Å². The Morgan fingerprint density at radius 3 is 2.17 bits per heavy atom. The van der Waals surface area contributed by atoms with Crippen LogP contribution < -0.4 is 15.4 Å². The molecule has 2 aromatic heterocycles. The first-order valence-corrected chi connectivity index (χ1v) is 18.5. The van der Waals surface area contributed by atoms with Gasteiger partial charge in [0, 0.05) is 66.5 Å². The summed E-state index contributed by atoms with van der Waals surface area (Å²) in [6, 6.07) is 22.2. The standard InChI is InChI=1S/C34H36N6O5S.C4H5ClO2/c1-34(2,3)30-21-31(40(38-30)23-11-13-25(14-12-23)46(6,43)44)37-33(42)36-28-15-16-29(27-10-8-7-9-26(27)28)45-24-17-18-35-22(19-24)20-32(41)39(4)5;1-3(2)7-4(5)6/h7-19,21H,20H2,1-6H3,(H2,36,37,42);1H2,2H3. The maximum absolute atomic E-state index is 13.4. The zero-order valence-electron chi connectivity index (χ0n) is 30.4. The Labute approximate surface area is 313 Å². The number of anilines is 2. The molecule has 5 aromatic rings. The largest absolute Gasteiger partial charge is 0.457 e. The molecule has 0 aliphatic rings. The van der Waals surface area contributed by atoms with Crippen LogP contribution in [0.5, 0.6) is 11.5 Å². The van der Waals surface area contributed by atoms with Crippen molar-refractivity contribution in [1.29, 1.82) is 0 Å². The van der Waals surface area contributed by atoms with Crippen LogP contribution in [0.1, 0.15) is 39.1 Å². The van der Waals surface area contributed by atoms with Crippen LogP contribution in [0.3, 0.4) is 0 Å². The third kappa shape index (κ3) is 11.1. The molecule has 2 N–H and O–H groups in total. The maximum atomic E-state index is 13.4. The molecule has 0 bridgehead atoms. The number of ether oxygens (including phenoxy) is 2. The Morgan fingerprint density at radius 1 is 0.943 bits per heavy atom. The minimum atomic E-state index is -3.37. The Hall–Kier alpha value is -5.73. The number of carbonyl (C=O) groups excluding carboxylic acids is 3. The summed E-state index contributed by atoms with van der Waals surface area (Å²) in [6.07, 6.45) is 2.91. The number of nitrogens with one attached hydrogen (secondary N) is 2. The summed E-state index contributed by atoms with van der Waals surface area (Å²) in [5.74, 6) is 1.77. The number of fused-ring (bicyclic) bond motifs is 1. The van der Waals surface area contributed by atoms with Crippen molar-refractivity contribution in [3.63, 3.8) is 0 Å². The van der Waals surface area contributed by atoms with Crippen LogP contribution in [0.2, 0.25) is 0 Å². The second kappa shape index (κ2) is 16.7. The number of hydrogen-bond acceptors (Lipinski definition) is 9. The molecular weight excluding hydrogens is 720 g/mol. The predicted molar refractivity (Wildman–Crippen MR) is 206 cm³/mol. The number of amides is 3. The molecule has 0 spiro atoms. The predicted octanol–water partition coefficient (Wildman–Crippen LogP) is 8.08. The van der Waals surface area contributed by atoms with Gasteiger partial charge in [-0.1, -0.05) is 51.6 Å². The highest BCUT2D eigenvalue weighted by molar-refractivity contribution is 7.90. The summed E-state index contributed by atoms with van der Waals surface area (Å²) < 4.78 is 35.9. The van der Waals surface area contributed by atoms with E-state index in [0.717, 1.165) is 22.7 Å². The molecule has 0 unspecified atom stereocenters. The number of halogens is 1. The maximum Gasteiger partial charge on any atom is 0.408 e. The van der Waals surface area contributed by atoms with Crippen LogP contribution in [-0.4, -0.2) is 65.8 Å². The fraction of sp³-hybridized carbons (Fsp3) is 0.237. The first-order valence-electron chi connectivity index (χ1n) is 16.2. The number of likely N-dealkylation sites (N-methyl/N-ethyl adjacent to an activating group) is 1. The normalized spacial score (nSPS) is 11.2.